The predicted molar refractivity (Wildman–Crippen MR) is 52.3 cm³/mol. The first-order valence-corrected chi connectivity index (χ1v) is 4.40. The summed E-state index contributed by atoms with van der Waals surface area (Å²) in [6, 6.07) is 0.304. The van der Waals surface area contributed by atoms with Crippen LogP contribution in [0.2, 0.25) is 5.15 Å². The minimum absolute atomic E-state index is 0.0383. The summed E-state index contributed by atoms with van der Waals surface area (Å²) in [5, 5.41) is 0.458. The fraction of sp³-hybridized carbons (Fsp3) is 0.556. The molecule has 0 bridgehead atoms. The van der Waals surface area contributed by atoms with Crippen molar-refractivity contribution >= 4 is 11.6 Å². The van der Waals surface area contributed by atoms with Crippen LogP contribution in [0.5, 0.6) is 6.01 Å². The number of halogens is 1. The summed E-state index contributed by atoms with van der Waals surface area (Å²) < 4.78 is 4.86. The first-order valence-electron chi connectivity index (χ1n) is 4.02. The van der Waals surface area contributed by atoms with Crippen molar-refractivity contribution in [2.24, 2.45) is 0 Å². The Morgan fingerprint density at radius 2 is 2.00 bits per heavy atom. The van der Waals surface area contributed by atoms with E-state index in [1.807, 2.05) is 0 Å². The van der Waals surface area contributed by atoms with Gasteiger partial charge in [0.05, 0.1) is 7.11 Å². The minimum atomic E-state index is -0.0383. The zero-order chi connectivity index (χ0) is 10.1. The van der Waals surface area contributed by atoms with E-state index in [2.05, 4.69) is 30.7 Å². The zero-order valence-corrected chi connectivity index (χ0v) is 9.01. The van der Waals surface area contributed by atoms with Crippen molar-refractivity contribution in [1.82, 2.24) is 9.97 Å². The molecule has 0 spiro atoms. The van der Waals surface area contributed by atoms with E-state index in [-0.39, 0.29) is 5.41 Å². The Bertz CT molecular complexity index is 307. The molecule has 3 nitrogen and oxygen atoms in total. The van der Waals surface area contributed by atoms with Crippen LogP contribution in [0.15, 0.2) is 6.20 Å². The molecule has 0 unspecified atom stereocenters. The van der Waals surface area contributed by atoms with E-state index in [0.717, 1.165) is 5.56 Å². The molecule has 1 aromatic heterocycles. The van der Waals surface area contributed by atoms with Gasteiger partial charge in [-0.1, -0.05) is 32.4 Å². The van der Waals surface area contributed by atoms with Crippen molar-refractivity contribution in [3.63, 3.8) is 0 Å². The Kier molecular flexibility index (Phi) is 2.76. The van der Waals surface area contributed by atoms with Crippen LogP contribution in [0.4, 0.5) is 0 Å². The monoisotopic (exact) mass is 200 g/mol. The van der Waals surface area contributed by atoms with E-state index in [0.29, 0.717) is 11.2 Å². The Hall–Kier alpha value is -0.830. The van der Waals surface area contributed by atoms with Crippen molar-refractivity contribution in [3.8, 4) is 6.01 Å². The fourth-order valence-corrected chi connectivity index (χ4v) is 1.35. The Morgan fingerprint density at radius 3 is 2.38 bits per heavy atom. The molecule has 1 rings (SSSR count). The molecule has 1 aromatic rings. The third-order valence-electron chi connectivity index (χ3n) is 1.71. The van der Waals surface area contributed by atoms with Gasteiger partial charge in [-0.05, 0) is 5.41 Å². The summed E-state index contributed by atoms with van der Waals surface area (Å²) in [5.41, 5.74) is 0.888. The van der Waals surface area contributed by atoms with Gasteiger partial charge in [0.15, 0.2) is 0 Å². The van der Waals surface area contributed by atoms with Crippen LogP contribution >= 0.6 is 11.6 Å². The second-order valence-electron chi connectivity index (χ2n) is 3.81. The average Bonchev–Trinajstić information content (AvgIpc) is 2.01. The Morgan fingerprint density at radius 1 is 1.38 bits per heavy atom. The fourth-order valence-electron chi connectivity index (χ4n) is 0.948. The molecule has 0 fully saturated rings. The van der Waals surface area contributed by atoms with Crippen LogP contribution in [0, 0.1) is 0 Å². The molecule has 0 aromatic carbocycles. The smallest absolute Gasteiger partial charge is 0.317 e. The molecule has 72 valence electrons. The Balaban J connectivity index is 3.13. The van der Waals surface area contributed by atoms with Crippen LogP contribution in [-0.2, 0) is 5.41 Å². The average molecular weight is 201 g/mol. The largest absolute Gasteiger partial charge is 0.467 e. The van der Waals surface area contributed by atoms with E-state index < -0.39 is 0 Å². The van der Waals surface area contributed by atoms with Crippen molar-refractivity contribution in [1.29, 1.82) is 0 Å². The topological polar surface area (TPSA) is 35.0 Å². The van der Waals surface area contributed by atoms with Gasteiger partial charge >= 0.3 is 6.01 Å². The highest BCUT2D eigenvalue weighted by atomic mass is 35.5. The molecule has 0 radical (unpaired) electrons. The molecular weight excluding hydrogens is 188 g/mol. The Labute approximate surface area is 83.1 Å². The number of rotatable bonds is 1. The number of hydrogen-bond acceptors (Lipinski definition) is 3. The number of nitrogens with zero attached hydrogens (tertiary/aromatic N) is 2. The van der Waals surface area contributed by atoms with Gasteiger partial charge in [0.25, 0.3) is 0 Å². The molecule has 0 saturated carbocycles. The molecule has 0 amide bonds. The van der Waals surface area contributed by atoms with Gasteiger partial charge in [0, 0.05) is 11.8 Å². The molecule has 0 atom stereocenters. The summed E-state index contributed by atoms with van der Waals surface area (Å²) in [4.78, 5) is 8.00. The van der Waals surface area contributed by atoms with Gasteiger partial charge in [-0.25, -0.2) is 4.98 Å². The van der Waals surface area contributed by atoms with Crippen molar-refractivity contribution in [3.05, 3.63) is 16.9 Å². The summed E-state index contributed by atoms with van der Waals surface area (Å²) in [5.74, 6) is 0. The molecule has 0 N–H and O–H groups in total. The minimum Gasteiger partial charge on any atom is -0.467 e. The van der Waals surface area contributed by atoms with Crippen LogP contribution in [0.3, 0.4) is 0 Å². The number of aromatic nitrogens is 2. The maximum Gasteiger partial charge on any atom is 0.317 e. The van der Waals surface area contributed by atoms with Crippen molar-refractivity contribution < 1.29 is 4.74 Å². The first kappa shape index (κ1) is 10.3. The van der Waals surface area contributed by atoms with E-state index >= 15 is 0 Å². The molecule has 0 aliphatic rings. The van der Waals surface area contributed by atoms with E-state index in [1.165, 1.54) is 7.11 Å². The second-order valence-corrected chi connectivity index (χ2v) is 4.17. The van der Waals surface area contributed by atoms with Gasteiger partial charge in [-0.2, -0.15) is 4.98 Å². The van der Waals surface area contributed by atoms with Gasteiger partial charge in [-0.15, -0.1) is 0 Å². The highest BCUT2D eigenvalue weighted by Gasteiger charge is 2.19. The molecule has 0 aliphatic heterocycles. The van der Waals surface area contributed by atoms with Crippen molar-refractivity contribution in [2.75, 3.05) is 7.11 Å². The second kappa shape index (κ2) is 3.50. The highest BCUT2D eigenvalue weighted by Crippen LogP contribution is 2.27. The number of methoxy groups -OCH3 is 1. The van der Waals surface area contributed by atoms with Crippen molar-refractivity contribution in [2.45, 2.75) is 26.2 Å². The number of hydrogen-bond donors (Lipinski definition) is 0. The van der Waals surface area contributed by atoms with Crippen LogP contribution < -0.4 is 4.74 Å². The summed E-state index contributed by atoms with van der Waals surface area (Å²) in [6.45, 7) is 6.18. The zero-order valence-electron chi connectivity index (χ0n) is 8.26. The highest BCUT2D eigenvalue weighted by molar-refractivity contribution is 6.30. The van der Waals surface area contributed by atoms with Gasteiger partial charge in [-0.3, -0.25) is 0 Å². The quantitative estimate of drug-likeness (QED) is 0.654. The van der Waals surface area contributed by atoms with E-state index in [9.17, 15) is 0 Å². The number of ether oxygens (including phenoxy) is 1. The third kappa shape index (κ3) is 2.31. The molecule has 4 heteroatoms. The van der Waals surface area contributed by atoms with Crippen LogP contribution in [0.25, 0.3) is 0 Å². The lowest BCUT2D eigenvalue weighted by Gasteiger charge is -2.19. The normalized spacial score (nSPS) is 11.5. The van der Waals surface area contributed by atoms with E-state index in [4.69, 9.17) is 16.3 Å². The lowest BCUT2D eigenvalue weighted by Crippen LogP contribution is -2.13. The van der Waals surface area contributed by atoms with E-state index in [1.54, 1.807) is 6.20 Å². The van der Waals surface area contributed by atoms with Crippen LogP contribution in [-0.4, -0.2) is 17.1 Å². The molecule has 1 heterocycles. The van der Waals surface area contributed by atoms with Gasteiger partial charge in [0.1, 0.15) is 5.15 Å². The summed E-state index contributed by atoms with van der Waals surface area (Å²) >= 11 is 5.96. The third-order valence-corrected chi connectivity index (χ3v) is 2.00. The summed E-state index contributed by atoms with van der Waals surface area (Å²) in [6.07, 6.45) is 1.70. The van der Waals surface area contributed by atoms with Gasteiger partial charge < -0.3 is 4.74 Å². The molecule has 0 aliphatic carbocycles. The lowest BCUT2D eigenvalue weighted by atomic mass is 9.89. The SMILES string of the molecule is COc1ncc(C(C)(C)C)c(Cl)n1. The summed E-state index contributed by atoms with van der Waals surface area (Å²) in [7, 11) is 1.52. The van der Waals surface area contributed by atoms with Gasteiger partial charge in [0.2, 0.25) is 0 Å². The first-order chi connectivity index (χ1) is 5.95. The maximum absolute atomic E-state index is 5.96. The molecule has 13 heavy (non-hydrogen) atoms. The maximum atomic E-state index is 5.96. The standard InChI is InChI=1S/C9H13ClN2O/c1-9(2,3)6-5-11-8(13-4)12-7(6)10/h5H,1-4H3. The van der Waals surface area contributed by atoms with Crippen LogP contribution in [0.1, 0.15) is 26.3 Å². The molecular formula is C9H13ClN2O. The predicted octanol–water partition coefficient (Wildman–Crippen LogP) is 2.44. The molecule has 0 saturated heterocycles. The lowest BCUT2D eigenvalue weighted by molar-refractivity contribution is 0.378.